The van der Waals surface area contributed by atoms with Crippen LogP contribution in [0.25, 0.3) is 0 Å². The van der Waals surface area contributed by atoms with Gasteiger partial charge in [0.05, 0.1) is 0 Å². The topological polar surface area (TPSA) is 46.6 Å². The Morgan fingerprint density at radius 1 is 1.10 bits per heavy atom. The molecule has 114 valence electrons. The van der Waals surface area contributed by atoms with Crippen molar-refractivity contribution in [2.75, 3.05) is 6.54 Å². The molecule has 1 heterocycles. The van der Waals surface area contributed by atoms with Crippen molar-refractivity contribution in [1.82, 2.24) is 4.90 Å². The fraction of sp³-hybridized carbons (Fsp3) is 0.875. The largest absolute Gasteiger partial charge is 0.460 e. The van der Waals surface area contributed by atoms with Crippen LogP contribution in [0.2, 0.25) is 0 Å². The van der Waals surface area contributed by atoms with Gasteiger partial charge >= 0.3 is 5.97 Å². The highest BCUT2D eigenvalue weighted by Gasteiger charge is 2.36. The van der Waals surface area contributed by atoms with Crippen LogP contribution in [0.4, 0.5) is 0 Å². The number of nitrogens with zero attached hydrogens (tertiary/aromatic N) is 1. The summed E-state index contributed by atoms with van der Waals surface area (Å²) in [6.45, 7) is 6.29. The van der Waals surface area contributed by atoms with Crippen LogP contribution in [0.1, 0.15) is 65.7 Å². The summed E-state index contributed by atoms with van der Waals surface area (Å²) in [5.74, 6) is 0.205. The van der Waals surface area contributed by atoms with E-state index in [4.69, 9.17) is 4.74 Å². The Hall–Kier alpha value is -1.06. The van der Waals surface area contributed by atoms with Crippen molar-refractivity contribution in [3.63, 3.8) is 0 Å². The number of carbonyl (C=O) groups excluding carboxylic acids is 2. The van der Waals surface area contributed by atoms with Crippen LogP contribution < -0.4 is 0 Å². The number of ether oxygens (including phenoxy) is 1. The predicted octanol–water partition coefficient (Wildman–Crippen LogP) is 2.90. The van der Waals surface area contributed by atoms with Crippen LogP contribution in [0, 0.1) is 5.92 Å². The molecule has 1 saturated carbocycles. The van der Waals surface area contributed by atoms with E-state index < -0.39 is 11.6 Å². The van der Waals surface area contributed by atoms with E-state index in [1.54, 1.807) is 0 Å². The van der Waals surface area contributed by atoms with Gasteiger partial charge in [0.1, 0.15) is 12.0 Å². The van der Waals surface area contributed by atoms with Gasteiger partial charge < -0.3 is 9.64 Å². The molecule has 20 heavy (non-hydrogen) atoms. The van der Waals surface area contributed by atoms with Gasteiger partial charge in [0.15, 0.2) is 0 Å². The fourth-order valence-electron chi connectivity index (χ4n) is 3.54. The molecule has 1 aliphatic carbocycles. The number of amides is 1. The molecule has 2 unspecified atom stereocenters. The third kappa shape index (κ3) is 3.97. The maximum atomic E-state index is 12.4. The second kappa shape index (κ2) is 6.15. The lowest BCUT2D eigenvalue weighted by Crippen LogP contribution is -2.50. The summed E-state index contributed by atoms with van der Waals surface area (Å²) in [7, 11) is 0. The molecule has 0 aromatic heterocycles. The van der Waals surface area contributed by atoms with Crippen LogP contribution in [0.3, 0.4) is 0 Å². The lowest BCUT2D eigenvalue weighted by atomic mass is 9.78. The zero-order chi connectivity index (χ0) is 14.8. The molecular formula is C16H27NO3. The Morgan fingerprint density at radius 2 is 1.75 bits per heavy atom. The van der Waals surface area contributed by atoms with Crippen molar-refractivity contribution < 1.29 is 14.3 Å². The number of rotatable bonds is 2. The first kappa shape index (κ1) is 15.3. The lowest BCUT2D eigenvalue weighted by molar-refractivity contribution is -0.159. The summed E-state index contributed by atoms with van der Waals surface area (Å²) < 4.78 is 5.25. The summed E-state index contributed by atoms with van der Waals surface area (Å²) in [6.07, 6.45) is 7.03. The van der Waals surface area contributed by atoms with E-state index in [1.807, 2.05) is 25.7 Å². The SMILES string of the molecule is CC(C)(C)OC(=O)CC(=O)N1CCCC2CCCCC21. The second-order valence-corrected chi connectivity index (χ2v) is 7.10. The molecule has 0 spiro atoms. The maximum absolute atomic E-state index is 12.4. The van der Waals surface area contributed by atoms with Gasteiger partial charge in [-0.3, -0.25) is 9.59 Å². The average Bonchev–Trinajstić information content (AvgIpc) is 2.35. The summed E-state index contributed by atoms with van der Waals surface area (Å²) in [5, 5.41) is 0. The van der Waals surface area contributed by atoms with Crippen molar-refractivity contribution in [1.29, 1.82) is 0 Å². The molecule has 1 aliphatic heterocycles. The van der Waals surface area contributed by atoms with Gasteiger partial charge in [0.2, 0.25) is 5.91 Å². The standard InChI is InChI=1S/C16H27NO3/c1-16(2,3)20-15(19)11-14(18)17-10-6-8-12-7-4-5-9-13(12)17/h12-13H,4-11H2,1-3H3. The molecule has 2 atom stereocenters. The molecule has 0 aromatic carbocycles. The zero-order valence-electron chi connectivity index (χ0n) is 13.0. The summed E-state index contributed by atoms with van der Waals surface area (Å²) in [6, 6.07) is 0.368. The third-order valence-corrected chi connectivity index (χ3v) is 4.28. The number of hydrogen-bond acceptors (Lipinski definition) is 3. The second-order valence-electron chi connectivity index (χ2n) is 7.10. The predicted molar refractivity (Wildman–Crippen MR) is 77.2 cm³/mol. The van der Waals surface area contributed by atoms with E-state index in [0.29, 0.717) is 12.0 Å². The van der Waals surface area contributed by atoms with Gasteiger partial charge in [0, 0.05) is 12.6 Å². The van der Waals surface area contributed by atoms with Gasteiger partial charge in [0.25, 0.3) is 0 Å². The molecule has 1 amide bonds. The molecule has 2 rings (SSSR count). The summed E-state index contributed by atoms with van der Waals surface area (Å²) >= 11 is 0. The Morgan fingerprint density at radius 3 is 2.45 bits per heavy atom. The van der Waals surface area contributed by atoms with E-state index in [1.165, 1.54) is 25.7 Å². The van der Waals surface area contributed by atoms with Crippen LogP contribution in [-0.4, -0.2) is 35.0 Å². The van der Waals surface area contributed by atoms with Gasteiger partial charge in [-0.1, -0.05) is 12.8 Å². The Kier molecular flexibility index (Phi) is 4.71. The van der Waals surface area contributed by atoms with E-state index in [-0.39, 0.29) is 12.3 Å². The number of esters is 1. The van der Waals surface area contributed by atoms with Crippen molar-refractivity contribution >= 4 is 11.9 Å². The van der Waals surface area contributed by atoms with E-state index in [9.17, 15) is 9.59 Å². The molecule has 2 fully saturated rings. The first-order chi connectivity index (χ1) is 9.37. The van der Waals surface area contributed by atoms with Crippen LogP contribution in [0.15, 0.2) is 0 Å². The molecule has 0 N–H and O–H groups in total. The quantitative estimate of drug-likeness (QED) is 0.577. The first-order valence-electron chi connectivity index (χ1n) is 7.88. The Bertz CT molecular complexity index is 370. The van der Waals surface area contributed by atoms with Crippen molar-refractivity contribution in [2.24, 2.45) is 5.92 Å². The summed E-state index contributed by atoms with van der Waals surface area (Å²) in [4.78, 5) is 26.1. The van der Waals surface area contributed by atoms with Crippen LogP contribution >= 0.6 is 0 Å². The van der Waals surface area contributed by atoms with Gasteiger partial charge in [-0.25, -0.2) is 0 Å². The van der Waals surface area contributed by atoms with Gasteiger partial charge in [-0.2, -0.15) is 0 Å². The lowest BCUT2D eigenvalue weighted by Gasteiger charge is -2.44. The third-order valence-electron chi connectivity index (χ3n) is 4.28. The molecule has 0 aromatic rings. The highest BCUT2D eigenvalue weighted by Crippen LogP contribution is 2.35. The minimum atomic E-state index is -0.521. The van der Waals surface area contributed by atoms with Crippen LogP contribution in [-0.2, 0) is 14.3 Å². The monoisotopic (exact) mass is 281 g/mol. The smallest absolute Gasteiger partial charge is 0.315 e. The minimum absolute atomic E-state index is 0.0455. The number of fused-ring (bicyclic) bond motifs is 1. The highest BCUT2D eigenvalue weighted by molar-refractivity contribution is 5.94. The normalized spacial score (nSPS) is 26.9. The summed E-state index contributed by atoms with van der Waals surface area (Å²) in [5.41, 5.74) is -0.521. The molecular weight excluding hydrogens is 254 g/mol. The van der Waals surface area contributed by atoms with Crippen molar-refractivity contribution in [2.45, 2.75) is 77.4 Å². The fourth-order valence-corrected chi connectivity index (χ4v) is 3.54. The van der Waals surface area contributed by atoms with Gasteiger partial charge in [-0.05, 0) is 52.4 Å². The van der Waals surface area contributed by atoms with Crippen molar-refractivity contribution in [3.05, 3.63) is 0 Å². The molecule has 4 nitrogen and oxygen atoms in total. The van der Waals surface area contributed by atoms with Gasteiger partial charge in [-0.15, -0.1) is 0 Å². The molecule has 0 radical (unpaired) electrons. The van der Waals surface area contributed by atoms with Crippen molar-refractivity contribution in [3.8, 4) is 0 Å². The molecule has 1 saturated heterocycles. The first-order valence-corrected chi connectivity index (χ1v) is 7.88. The molecule has 2 aliphatic rings. The average molecular weight is 281 g/mol. The van der Waals surface area contributed by atoms with E-state index >= 15 is 0 Å². The maximum Gasteiger partial charge on any atom is 0.315 e. The number of hydrogen-bond donors (Lipinski definition) is 0. The van der Waals surface area contributed by atoms with E-state index in [2.05, 4.69) is 0 Å². The zero-order valence-corrected chi connectivity index (χ0v) is 13.0. The number of piperidine rings is 1. The van der Waals surface area contributed by atoms with E-state index in [0.717, 1.165) is 19.4 Å². The Balaban J connectivity index is 1.92. The molecule has 4 heteroatoms. The van der Waals surface area contributed by atoms with Crippen LogP contribution in [0.5, 0.6) is 0 Å². The molecule has 0 bridgehead atoms. The Labute approximate surface area is 121 Å². The number of likely N-dealkylation sites (tertiary alicyclic amines) is 1. The highest BCUT2D eigenvalue weighted by atomic mass is 16.6. The number of carbonyl (C=O) groups is 2. The minimum Gasteiger partial charge on any atom is -0.460 e.